The van der Waals surface area contributed by atoms with Gasteiger partial charge in [-0.05, 0) is 57.0 Å². The highest BCUT2D eigenvalue weighted by Gasteiger charge is 2.11. The molecule has 4 heteroatoms. The zero-order valence-corrected chi connectivity index (χ0v) is 13.6. The molecule has 0 spiro atoms. The molecule has 2 rings (SSSR count). The molecular formula is C18H25N3O. The molecule has 2 aromatic rings. The first-order valence-corrected chi connectivity index (χ1v) is 7.67. The van der Waals surface area contributed by atoms with Gasteiger partial charge in [0, 0.05) is 17.5 Å². The predicted molar refractivity (Wildman–Crippen MR) is 94.5 cm³/mol. The smallest absolute Gasteiger partial charge is 0.121 e. The number of ether oxygens (including phenoxy) is 1. The summed E-state index contributed by atoms with van der Waals surface area (Å²) >= 11 is 0. The third-order valence-electron chi connectivity index (χ3n) is 3.80. The number of nitrogens with one attached hydrogen (secondary N) is 1. The summed E-state index contributed by atoms with van der Waals surface area (Å²) in [5.74, 6) is 0.831. The second-order valence-electron chi connectivity index (χ2n) is 5.62. The zero-order chi connectivity index (χ0) is 16.1. The number of benzene rings is 1. The minimum atomic E-state index is 0.327. The van der Waals surface area contributed by atoms with Crippen molar-refractivity contribution in [3.8, 4) is 5.75 Å². The van der Waals surface area contributed by atoms with Crippen LogP contribution in [0.4, 0.5) is 5.69 Å². The maximum absolute atomic E-state index is 5.59. The van der Waals surface area contributed by atoms with Crippen LogP contribution >= 0.6 is 0 Å². The third kappa shape index (κ3) is 3.57. The van der Waals surface area contributed by atoms with Crippen LogP contribution in [0.3, 0.4) is 0 Å². The van der Waals surface area contributed by atoms with Crippen LogP contribution in [0.1, 0.15) is 31.0 Å². The average Bonchev–Trinajstić information content (AvgIpc) is 2.53. The zero-order valence-electron chi connectivity index (χ0n) is 13.6. The first-order valence-electron chi connectivity index (χ1n) is 7.67. The number of hydrogen-bond acceptors (Lipinski definition) is 4. The van der Waals surface area contributed by atoms with E-state index in [0.717, 1.165) is 46.4 Å². The van der Waals surface area contributed by atoms with Crippen molar-refractivity contribution in [3.63, 3.8) is 0 Å². The molecule has 1 aromatic heterocycles. The van der Waals surface area contributed by atoms with E-state index >= 15 is 0 Å². The third-order valence-corrected chi connectivity index (χ3v) is 3.80. The Morgan fingerprint density at radius 1 is 1.41 bits per heavy atom. The van der Waals surface area contributed by atoms with Crippen molar-refractivity contribution in [3.05, 3.63) is 36.0 Å². The number of rotatable bonds is 7. The maximum Gasteiger partial charge on any atom is 0.121 e. The van der Waals surface area contributed by atoms with Crippen molar-refractivity contribution in [2.45, 2.75) is 32.7 Å². The van der Waals surface area contributed by atoms with Gasteiger partial charge in [0.15, 0.2) is 0 Å². The van der Waals surface area contributed by atoms with Crippen molar-refractivity contribution in [2.24, 2.45) is 5.73 Å². The minimum absolute atomic E-state index is 0.327. The number of aromatic nitrogens is 1. The molecule has 118 valence electrons. The van der Waals surface area contributed by atoms with Crippen LogP contribution in [-0.2, 0) is 0 Å². The molecule has 0 aliphatic heterocycles. The number of nitrogens with two attached hydrogens (primary N) is 1. The van der Waals surface area contributed by atoms with Crippen molar-refractivity contribution < 1.29 is 4.74 Å². The lowest BCUT2D eigenvalue weighted by Crippen LogP contribution is -2.17. The monoisotopic (exact) mass is 299 g/mol. The second-order valence-corrected chi connectivity index (χ2v) is 5.62. The van der Waals surface area contributed by atoms with E-state index in [9.17, 15) is 0 Å². The highest BCUT2D eigenvalue weighted by atomic mass is 16.5. The number of nitrogens with zero attached hydrogens (tertiary/aromatic N) is 1. The number of fused-ring (bicyclic) bond motifs is 1. The normalized spacial score (nSPS) is 12.2. The van der Waals surface area contributed by atoms with Crippen LogP contribution in [0.2, 0.25) is 0 Å². The molecule has 1 atom stereocenters. The van der Waals surface area contributed by atoms with E-state index in [1.807, 2.05) is 18.2 Å². The van der Waals surface area contributed by atoms with Gasteiger partial charge in [0.25, 0.3) is 0 Å². The number of pyridine rings is 1. The van der Waals surface area contributed by atoms with Gasteiger partial charge in [0.2, 0.25) is 0 Å². The summed E-state index contributed by atoms with van der Waals surface area (Å²) in [6.07, 6.45) is 3.80. The van der Waals surface area contributed by atoms with Crippen LogP contribution in [-0.4, -0.2) is 24.7 Å². The minimum Gasteiger partial charge on any atom is -0.497 e. The Balaban J connectivity index is 2.49. The van der Waals surface area contributed by atoms with E-state index in [1.165, 1.54) is 0 Å². The van der Waals surface area contributed by atoms with E-state index in [1.54, 1.807) is 13.2 Å². The summed E-state index contributed by atoms with van der Waals surface area (Å²) in [7, 11) is 1.68. The van der Waals surface area contributed by atoms with E-state index in [0.29, 0.717) is 12.6 Å². The highest BCUT2D eigenvalue weighted by Crippen LogP contribution is 2.31. The van der Waals surface area contributed by atoms with Crippen molar-refractivity contribution in [1.29, 1.82) is 0 Å². The summed E-state index contributed by atoms with van der Waals surface area (Å²) in [5.41, 5.74) is 9.58. The molecule has 0 amide bonds. The molecule has 3 N–H and O–H groups in total. The lowest BCUT2D eigenvalue weighted by molar-refractivity contribution is 0.415. The molecule has 0 aliphatic carbocycles. The molecule has 1 heterocycles. The van der Waals surface area contributed by atoms with Gasteiger partial charge in [-0.25, -0.2) is 4.98 Å². The summed E-state index contributed by atoms with van der Waals surface area (Å²) in [5, 5.41) is 4.64. The quantitative estimate of drug-likeness (QED) is 0.817. The molecule has 0 saturated carbocycles. The van der Waals surface area contributed by atoms with E-state index in [2.05, 4.69) is 25.7 Å². The van der Waals surface area contributed by atoms with Gasteiger partial charge in [-0.15, -0.1) is 0 Å². The van der Waals surface area contributed by atoms with Gasteiger partial charge in [0.1, 0.15) is 5.75 Å². The summed E-state index contributed by atoms with van der Waals surface area (Å²) in [4.78, 5) is 4.70. The first-order chi connectivity index (χ1) is 10.6. The second kappa shape index (κ2) is 7.27. The SMILES string of the molecule is C=Cc1cc(C)c2cc(OC)cc(N[C@H](C)CCCN)c2n1. The van der Waals surface area contributed by atoms with E-state index in [4.69, 9.17) is 15.5 Å². The van der Waals surface area contributed by atoms with E-state index < -0.39 is 0 Å². The topological polar surface area (TPSA) is 60.2 Å². The molecule has 1 aromatic carbocycles. The Kier molecular flexibility index (Phi) is 5.39. The summed E-state index contributed by atoms with van der Waals surface area (Å²) in [6.45, 7) is 8.77. The molecule has 0 radical (unpaired) electrons. The van der Waals surface area contributed by atoms with Gasteiger partial charge >= 0.3 is 0 Å². The molecule has 4 nitrogen and oxygen atoms in total. The Morgan fingerprint density at radius 2 is 2.18 bits per heavy atom. The van der Waals surface area contributed by atoms with Crippen LogP contribution in [0.15, 0.2) is 24.8 Å². The number of hydrogen-bond donors (Lipinski definition) is 2. The molecular weight excluding hydrogens is 274 g/mol. The van der Waals surface area contributed by atoms with Crippen LogP contribution in [0.5, 0.6) is 5.75 Å². The Labute approximate surface area is 132 Å². The highest BCUT2D eigenvalue weighted by molar-refractivity contribution is 5.94. The number of methoxy groups -OCH3 is 1. The summed E-state index contributed by atoms with van der Waals surface area (Å²) in [6, 6.07) is 6.39. The largest absolute Gasteiger partial charge is 0.497 e. The van der Waals surface area contributed by atoms with Crippen LogP contribution < -0.4 is 15.8 Å². The molecule has 0 bridgehead atoms. The van der Waals surface area contributed by atoms with Gasteiger partial charge in [0.05, 0.1) is 24.0 Å². The predicted octanol–water partition coefficient (Wildman–Crippen LogP) is 3.73. The van der Waals surface area contributed by atoms with Crippen LogP contribution in [0, 0.1) is 6.92 Å². The lowest BCUT2D eigenvalue weighted by atomic mass is 10.1. The Bertz CT molecular complexity index is 667. The van der Waals surface area contributed by atoms with Crippen LogP contribution in [0.25, 0.3) is 17.0 Å². The van der Waals surface area contributed by atoms with Gasteiger partial charge in [-0.1, -0.05) is 6.58 Å². The van der Waals surface area contributed by atoms with Gasteiger partial charge in [-0.3, -0.25) is 0 Å². The Morgan fingerprint density at radius 3 is 2.82 bits per heavy atom. The fraction of sp³-hybridized carbons (Fsp3) is 0.389. The van der Waals surface area contributed by atoms with Crippen molar-refractivity contribution in [1.82, 2.24) is 4.98 Å². The Hall–Kier alpha value is -2.07. The fourth-order valence-electron chi connectivity index (χ4n) is 2.58. The lowest BCUT2D eigenvalue weighted by Gasteiger charge is -2.18. The average molecular weight is 299 g/mol. The first kappa shape index (κ1) is 16.3. The molecule has 0 fully saturated rings. The maximum atomic E-state index is 5.59. The number of anilines is 1. The molecule has 0 aliphatic rings. The fourth-order valence-corrected chi connectivity index (χ4v) is 2.58. The van der Waals surface area contributed by atoms with Gasteiger partial charge in [-0.2, -0.15) is 0 Å². The number of aryl methyl sites for hydroxylation is 1. The molecule has 22 heavy (non-hydrogen) atoms. The van der Waals surface area contributed by atoms with Crippen molar-refractivity contribution >= 4 is 22.7 Å². The molecule has 0 saturated heterocycles. The standard InChI is InChI=1S/C18H25N3O/c1-5-14-9-12(2)16-10-15(22-4)11-17(18(16)21-14)20-13(3)7-6-8-19/h5,9-11,13,20H,1,6-8,19H2,2-4H3/t13-/m1/s1. The van der Waals surface area contributed by atoms with E-state index in [-0.39, 0.29) is 0 Å². The summed E-state index contributed by atoms with van der Waals surface area (Å²) < 4.78 is 5.43. The van der Waals surface area contributed by atoms with Crippen molar-refractivity contribution in [2.75, 3.05) is 19.0 Å². The molecule has 0 unspecified atom stereocenters. The van der Waals surface area contributed by atoms with Gasteiger partial charge < -0.3 is 15.8 Å².